The van der Waals surface area contributed by atoms with Gasteiger partial charge in [-0.1, -0.05) is 28.1 Å². The molecule has 0 amide bonds. The normalized spacial score (nSPS) is 10.1. The van der Waals surface area contributed by atoms with Crippen molar-refractivity contribution in [1.82, 2.24) is 4.90 Å². The lowest BCUT2D eigenvalue weighted by Gasteiger charge is -2.14. The summed E-state index contributed by atoms with van der Waals surface area (Å²) in [7, 11) is 2.08. The molecule has 0 N–H and O–H groups in total. The van der Waals surface area contributed by atoms with Crippen molar-refractivity contribution in [3.63, 3.8) is 0 Å². The summed E-state index contributed by atoms with van der Waals surface area (Å²) in [5.74, 6) is 2.64. The Hall–Kier alpha value is -0.780. The molecule has 0 unspecified atom stereocenters. The standard InChI is InChI=1S/C12H14BrN/c1-3-4-9-14(2)10-11-5-7-12(13)8-6-11/h1,5-8H,4,9-10H2,2H3. The number of halogens is 1. The molecule has 0 radical (unpaired) electrons. The molecule has 0 spiro atoms. The molecule has 0 fully saturated rings. The molecule has 1 nitrogen and oxygen atoms in total. The Labute approximate surface area is 94.2 Å². The SMILES string of the molecule is C#CCCN(C)Cc1ccc(Br)cc1. The molecule has 0 aliphatic rings. The zero-order chi connectivity index (χ0) is 10.4. The van der Waals surface area contributed by atoms with E-state index in [2.05, 4.69) is 58.1 Å². The first-order valence-corrected chi connectivity index (χ1v) is 5.38. The van der Waals surface area contributed by atoms with Gasteiger partial charge in [-0.2, -0.15) is 0 Å². The smallest absolute Gasteiger partial charge is 0.0231 e. The minimum Gasteiger partial charge on any atom is -0.301 e. The molecule has 0 aliphatic carbocycles. The Morgan fingerprint density at radius 3 is 2.57 bits per heavy atom. The van der Waals surface area contributed by atoms with Crippen LogP contribution in [-0.2, 0) is 6.54 Å². The molecule has 0 heterocycles. The summed E-state index contributed by atoms with van der Waals surface area (Å²) < 4.78 is 1.12. The second kappa shape index (κ2) is 5.85. The Morgan fingerprint density at radius 2 is 2.00 bits per heavy atom. The van der Waals surface area contributed by atoms with E-state index in [0.717, 1.165) is 24.0 Å². The lowest BCUT2D eigenvalue weighted by Crippen LogP contribution is -2.18. The second-order valence-corrected chi connectivity index (χ2v) is 4.23. The molecule has 0 saturated carbocycles. The van der Waals surface area contributed by atoms with Gasteiger partial charge in [0, 0.05) is 24.0 Å². The summed E-state index contributed by atoms with van der Waals surface area (Å²) in [5, 5.41) is 0. The van der Waals surface area contributed by atoms with Gasteiger partial charge in [-0.3, -0.25) is 0 Å². The highest BCUT2D eigenvalue weighted by Gasteiger charge is 1.98. The third-order valence-electron chi connectivity index (χ3n) is 2.00. The van der Waals surface area contributed by atoms with Gasteiger partial charge in [0.05, 0.1) is 0 Å². The molecule has 0 saturated heterocycles. The molecule has 0 atom stereocenters. The zero-order valence-electron chi connectivity index (χ0n) is 8.33. The number of benzene rings is 1. The number of rotatable bonds is 4. The van der Waals surface area contributed by atoms with Crippen molar-refractivity contribution in [1.29, 1.82) is 0 Å². The third-order valence-corrected chi connectivity index (χ3v) is 2.53. The van der Waals surface area contributed by atoms with Crippen LogP contribution in [0.2, 0.25) is 0 Å². The summed E-state index contributed by atoms with van der Waals surface area (Å²) in [6, 6.07) is 8.36. The second-order valence-electron chi connectivity index (χ2n) is 3.32. The quantitative estimate of drug-likeness (QED) is 0.745. The van der Waals surface area contributed by atoms with Gasteiger partial charge in [0.1, 0.15) is 0 Å². The maximum atomic E-state index is 5.21. The first-order valence-electron chi connectivity index (χ1n) is 4.59. The van der Waals surface area contributed by atoms with Crippen LogP contribution in [-0.4, -0.2) is 18.5 Å². The highest BCUT2D eigenvalue weighted by molar-refractivity contribution is 9.10. The van der Waals surface area contributed by atoms with Gasteiger partial charge in [0.15, 0.2) is 0 Å². The fourth-order valence-electron chi connectivity index (χ4n) is 1.24. The van der Waals surface area contributed by atoms with E-state index >= 15 is 0 Å². The molecule has 1 rings (SSSR count). The zero-order valence-corrected chi connectivity index (χ0v) is 9.92. The molecule has 1 aromatic rings. The number of hydrogen-bond donors (Lipinski definition) is 0. The van der Waals surface area contributed by atoms with Crippen molar-refractivity contribution >= 4 is 15.9 Å². The van der Waals surface area contributed by atoms with E-state index in [1.165, 1.54) is 5.56 Å². The summed E-state index contributed by atoms with van der Waals surface area (Å²) in [4.78, 5) is 2.23. The molecular weight excluding hydrogens is 238 g/mol. The van der Waals surface area contributed by atoms with Crippen molar-refractivity contribution in [3.8, 4) is 12.3 Å². The minimum atomic E-state index is 0.813. The Bertz CT molecular complexity index is 310. The number of terminal acetylenes is 1. The molecule has 2 heteroatoms. The molecule has 74 valence electrons. The molecule has 0 aromatic heterocycles. The molecule has 0 bridgehead atoms. The van der Waals surface area contributed by atoms with E-state index in [0.29, 0.717) is 0 Å². The maximum Gasteiger partial charge on any atom is 0.0231 e. The summed E-state index contributed by atoms with van der Waals surface area (Å²) >= 11 is 3.41. The molecule has 1 aromatic carbocycles. The van der Waals surface area contributed by atoms with Crippen molar-refractivity contribution < 1.29 is 0 Å². The minimum absolute atomic E-state index is 0.813. The Kier molecular flexibility index (Phi) is 4.72. The van der Waals surface area contributed by atoms with Crippen molar-refractivity contribution in [2.24, 2.45) is 0 Å². The van der Waals surface area contributed by atoms with Gasteiger partial charge >= 0.3 is 0 Å². The van der Waals surface area contributed by atoms with E-state index in [1.807, 2.05) is 0 Å². The van der Waals surface area contributed by atoms with Crippen LogP contribution in [0.15, 0.2) is 28.7 Å². The van der Waals surface area contributed by atoms with Crippen LogP contribution in [0.1, 0.15) is 12.0 Å². The van der Waals surface area contributed by atoms with Gasteiger partial charge in [0.25, 0.3) is 0 Å². The molecule has 14 heavy (non-hydrogen) atoms. The van der Waals surface area contributed by atoms with Crippen LogP contribution >= 0.6 is 15.9 Å². The maximum absolute atomic E-state index is 5.21. The van der Waals surface area contributed by atoms with E-state index in [1.54, 1.807) is 0 Å². The van der Waals surface area contributed by atoms with E-state index in [-0.39, 0.29) is 0 Å². The van der Waals surface area contributed by atoms with Crippen LogP contribution in [0, 0.1) is 12.3 Å². The number of hydrogen-bond acceptors (Lipinski definition) is 1. The third kappa shape index (κ3) is 3.95. The van der Waals surface area contributed by atoms with E-state index in [9.17, 15) is 0 Å². The van der Waals surface area contributed by atoms with E-state index in [4.69, 9.17) is 6.42 Å². The van der Waals surface area contributed by atoms with Gasteiger partial charge in [-0.15, -0.1) is 12.3 Å². The molecular formula is C12H14BrN. The monoisotopic (exact) mass is 251 g/mol. The first-order chi connectivity index (χ1) is 6.72. The predicted octanol–water partition coefficient (Wildman–Crippen LogP) is 2.90. The Balaban J connectivity index is 2.44. The number of nitrogens with zero attached hydrogens (tertiary/aromatic N) is 1. The molecule has 0 aliphatic heterocycles. The highest BCUT2D eigenvalue weighted by atomic mass is 79.9. The van der Waals surface area contributed by atoms with Crippen LogP contribution in [0.5, 0.6) is 0 Å². The fraction of sp³-hybridized carbons (Fsp3) is 0.333. The summed E-state index contributed by atoms with van der Waals surface area (Å²) in [6.45, 7) is 1.90. The predicted molar refractivity (Wildman–Crippen MR) is 63.9 cm³/mol. The fourth-order valence-corrected chi connectivity index (χ4v) is 1.50. The largest absolute Gasteiger partial charge is 0.301 e. The summed E-state index contributed by atoms with van der Waals surface area (Å²) in [5.41, 5.74) is 1.31. The summed E-state index contributed by atoms with van der Waals surface area (Å²) in [6.07, 6.45) is 6.02. The van der Waals surface area contributed by atoms with Gasteiger partial charge in [-0.05, 0) is 24.7 Å². The van der Waals surface area contributed by atoms with Crippen LogP contribution in [0.25, 0.3) is 0 Å². The van der Waals surface area contributed by atoms with Gasteiger partial charge in [0.2, 0.25) is 0 Å². The topological polar surface area (TPSA) is 3.24 Å². The Morgan fingerprint density at radius 1 is 1.36 bits per heavy atom. The van der Waals surface area contributed by atoms with Crippen molar-refractivity contribution in [3.05, 3.63) is 34.3 Å². The average molecular weight is 252 g/mol. The van der Waals surface area contributed by atoms with Gasteiger partial charge < -0.3 is 4.90 Å². The van der Waals surface area contributed by atoms with Crippen molar-refractivity contribution in [2.45, 2.75) is 13.0 Å². The van der Waals surface area contributed by atoms with Gasteiger partial charge in [-0.25, -0.2) is 0 Å². The van der Waals surface area contributed by atoms with Crippen molar-refractivity contribution in [2.75, 3.05) is 13.6 Å². The van der Waals surface area contributed by atoms with Crippen LogP contribution in [0.4, 0.5) is 0 Å². The lowest BCUT2D eigenvalue weighted by atomic mass is 10.2. The highest BCUT2D eigenvalue weighted by Crippen LogP contribution is 2.11. The van der Waals surface area contributed by atoms with Crippen LogP contribution in [0.3, 0.4) is 0 Å². The van der Waals surface area contributed by atoms with E-state index < -0.39 is 0 Å². The van der Waals surface area contributed by atoms with Crippen LogP contribution < -0.4 is 0 Å². The first kappa shape index (κ1) is 11.3. The average Bonchev–Trinajstić information content (AvgIpc) is 2.18. The lowest BCUT2D eigenvalue weighted by molar-refractivity contribution is 0.335.